The van der Waals surface area contributed by atoms with Crippen LogP contribution < -0.4 is 5.32 Å². The minimum absolute atomic E-state index is 0.0163. The number of alkyl carbamates (subject to hydrolysis) is 1. The summed E-state index contributed by atoms with van der Waals surface area (Å²) >= 11 is 0. The predicted octanol–water partition coefficient (Wildman–Crippen LogP) is 5.04. The molecule has 3 aliphatic heterocycles. The number of aliphatic hydroxyl groups is 3. The Bertz CT molecular complexity index is 1610. The lowest BCUT2D eigenvalue weighted by Crippen LogP contribution is -2.60. The summed E-state index contributed by atoms with van der Waals surface area (Å²) in [6.07, 6.45) is -4.84. The second kappa shape index (κ2) is 20.0. The molecule has 0 radical (unpaired) electrons. The molecule has 3 saturated heterocycles. The number of esters is 1. The predicted molar refractivity (Wildman–Crippen MR) is 211 cm³/mol. The van der Waals surface area contributed by atoms with Gasteiger partial charge >= 0.3 is 12.1 Å². The van der Waals surface area contributed by atoms with Gasteiger partial charge < -0.3 is 54.0 Å². The fourth-order valence-electron chi connectivity index (χ4n) is 8.86. The van der Waals surface area contributed by atoms with E-state index >= 15 is 0 Å². The zero-order chi connectivity index (χ0) is 43.3. The summed E-state index contributed by atoms with van der Waals surface area (Å²) in [6, 6.07) is 3.02. The first kappa shape index (κ1) is 47.7. The van der Waals surface area contributed by atoms with Gasteiger partial charge in [-0.1, -0.05) is 45.9 Å². The third-order valence-corrected chi connectivity index (χ3v) is 12.2. The summed E-state index contributed by atoms with van der Waals surface area (Å²) in [5.74, 6) is -5.58. The quantitative estimate of drug-likeness (QED) is 0.204. The number of nitrogens with one attached hydrogen (secondary N) is 1. The number of fused-ring (bicyclic) bond motifs is 5. The maximum Gasteiger partial charge on any atom is 0.407 e. The first-order valence-corrected chi connectivity index (χ1v) is 20.3. The Morgan fingerprint density at radius 3 is 2.40 bits per heavy atom. The lowest BCUT2D eigenvalue weighted by Gasteiger charge is -2.48. The second-order valence-electron chi connectivity index (χ2n) is 17.2. The van der Waals surface area contributed by atoms with E-state index in [0.717, 1.165) is 17.7 Å². The van der Waals surface area contributed by atoms with E-state index in [0.29, 0.717) is 17.6 Å². The number of likely N-dealkylation sites (N-methyl/N-ethyl adjacent to an activating group) is 1. The van der Waals surface area contributed by atoms with Gasteiger partial charge in [-0.3, -0.25) is 4.79 Å². The van der Waals surface area contributed by atoms with Crippen molar-refractivity contribution in [1.82, 2.24) is 10.2 Å². The molecule has 1 aromatic rings. The van der Waals surface area contributed by atoms with Gasteiger partial charge in [-0.05, 0) is 96.3 Å². The summed E-state index contributed by atoms with van der Waals surface area (Å²) in [7, 11) is 3.74. The molecule has 15 heteroatoms. The average molecular weight is 825 g/mol. The molecule has 0 aromatic heterocycles. The zero-order valence-electron chi connectivity index (χ0n) is 35.7. The number of ether oxygens (including phenoxy) is 6. The molecule has 1 aromatic carbocycles. The van der Waals surface area contributed by atoms with Gasteiger partial charge in [0.25, 0.3) is 0 Å². The number of aliphatic hydroxyl groups excluding tert-OH is 2. The number of hydrogen-bond acceptors (Lipinski definition) is 12. The number of benzene rings is 1. The fourth-order valence-corrected chi connectivity index (χ4v) is 8.86. The first-order chi connectivity index (χ1) is 27.1. The van der Waals surface area contributed by atoms with Crippen molar-refractivity contribution in [3.8, 4) is 0 Å². The van der Waals surface area contributed by atoms with Crippen LogP contribution in [0, 0.1) is 35.3 Å². The highest BCUT2D eigenvalue weighted by atomic mass is 19.2. The van der Waals surface area contributed by atoms with Crippen molar-refractivity contribution >= 4 is 12.1 Å². The maximum absolute atomic E-state index is 13.9. The Hall–Kier alpha value is -3.02. The molecule has 13 nitrogen and oxygen atoms in total. The van der Waals surface area contributed by atoms with Crippen LogP contribution in [0.4, 0.5) is 13.6 Å². The molecule has 3 aliphatic rings. The Kier molecular flexibility index (Phi) is 16.5. The molecular formula is C43H66F2N2O11. The van der Waals surface area contributed by atoms with Crippen molar-refractivity contribution < 1.29 is 62.1 Å². The van der Waals surface area contributed by atoms with Gasteiger partial charge in [0.1, 0.15) is 24.4 Å². The fraction of sp³-hybridized carbons (Fsp3) is 0.721. The number of rotatable bonds is 8. The van der Waals surface area contributed by atoms with Crippen LogP contribution in [0.3, 0.4) is 0 Å². The zero-order valence-corrected chi connectivity index (χ0v) is 35.7. The minimum atomic E-state index is -1.76. The van der Waals surface area contributed by atoms with Crippen molar-refractivity contribution in [3.63, 3.8) is 0 Å². The van der Waals surface area contributed by atoms with Crippen molar-refractivity contribution in [2.45, 2.75) is 141 Å². The van der Waals surface area contributed by atoms with Crippen LogP contribution in [0.5, 0.6) is 0 Å². The van der Waals surface area contributed by atoms with Crippen molar-refractivity contribution in [1.29, 1.82) is 0 Å². The lowest BCUT2D eigenvalue weighted by molar-refractivity contribution is -0.303. The topological polar surface area (TPSA) is 165 Å². The largest absolute Gasteiger partial charge is 0.459 e. The smallest absolute Gasteiger partial charge is 0.407 e. The molecule has 2 unspecified atom stereocenters. The molecule has 0 aliphatic carbocycles. The van der Waals surface area contributed by atoms with E-state index in [1.54, 1.807) is 33.8 Å². The number of nitrogens with zero attached hydrogens (tertiary/aromatic N) is 1. The summed E-state index contributed by atoms with van der Waals surface area (Å²) in [6.45, 7) is 18.1. The maximum atomic E-state index is 13.9. The normalized spacial score (nSPS) is 39.0. The number of carbonyl (C=O) groups excluding carboxylic acids is 2. The second-order valence-corrected chi connectivity index (χ2v) is 17.2. The Morgan fingerprint density at radius 1 is 1.07 bits per heavy atom. The van der Waals surface area contributed by atoms with Crippen LogP contribution >= 0.6 is 0 Å². The van der Waals surface area contributed by atoms with Gasteiger partial charge in [-0.15, -0.1) is 0 Å². The highest BCUT2D eigenvalue weighted by molar-refractivity contribution is 5.73. The molecule has 2 bridgehead atoms. The number of amides is 1. The molecule has 58 heavy (non-hydrogen) atoms. The van der Waals surface area contributed by atoms with E-state index in [1.165, 1.54) is 6.07 Å². The third kappa shape index (κ3) is 11.2. The van der Waals surface area contributed by atoms with E-state index < -0.39 is 89.5 Å². The first-order valence-electron chi connectivity index (χ1n) is 20.3. The Morgan fingerprint density at radius 2 is 1.76 bits per heavy atom. The molecule has 4 N–H and O–H groups in total. The number of halogens is 2. The van der Waals surface area contributed by atoms with Crippen LogP contribution in [-0.2, 0) is 39.8 Å². The van der Waals surface area contributed by atoms with Gasteiger partial charge in [0.15, 0.2) is 17.9 Å². The van der Waals surface area contributed by atoms with E-state index in [9.17, 15) is 33.7 Å². The summed E-state index contributed by atoms with van der Waals surface area (Å²) in [5.41, 5.74) is -1.40. The number of cyclic esters (lactones) is 1. The molecule has 0 spiro atoms. The molecule has 0 saturated carbocycles. The molecule has 14 atom stereocenters. The molecule has 328 valence electrons. The molecule has 3 fully saturated rings. The van der Waals surface area contributed by atoms with Gasteiger partial charge in [0.05, 0.1) is 49.1 Å². The molecule has 3 heterocycles. The van der Waals surface area contributed by atoms with Crippen molar-refractivity contribution in [3.05, 3.63) is 59.2 Å². The van der Waals surface area contributed by atoms with Crippen molar-refractivity contribution in [2.75, 3.05) is 33.9 Å². The average Bonchev–Trinajstić information content (AvgIpc) is 3.17. The minimum Gasteiger partial charge on any atom is -0.459 e. The number of hydrogen-bond donors (Lipinski definition) is 4. The van der Waals surface area contributed by atoms with E-state index in [-0.39, 0.29) is 57.3 Å². The van der Waals surface area contributed by atoms with Crippen LogP contribution in [-0.4, -0.2) is 126 Å². The highest BCUT2D eigenvalue weighted by Crippen LogP contribution is 2.43. The highest BCUT2D eigenvalue weighted by Gasteiger charge is 2.52. The van der Waals surface area contributed by atoms with E-state index in [4.69, 9.17) is 28.4 Å². The van der Waals surface area contributed by atoms with Gasteiger partial charge in [0.2, 0.25) is 0 Å². The third-order valence-electron chi connectivity index (χ3n) is 12.2. The Balaban J connectivity index is 1.80. The molecular weight excluding hydrogens is 758 g/mol. The molecule has 1 amide bonds. The van der Waals surface area contributed by atoms with Crippen molar-refractivity contribution in [2.24, 2.45) is 23.7 Å². The van der Waals surface area contributed by atoms with Crippen LogP contribution in [0.1, 0.15) is 80.2 Å². The standard InChI is InChI=1S/C43H66F2N2O11/c1-12-34-43(9,52)38-26(5)30(15-16-53-41(51)46-20-29-13-14-31(44)32(45)18-29)24(3)19-42(8,55-22-23(2)21-54-38)37(27(6)35(48)28(7)39(50)57-34)58-40-36(49)33(47(10)11)17-25(4)56-40/h13-15,18,24-28,33-38,40,48-49,52H,2,12,16-17,19-22H2,1,3-11H3,(H,46,51)/b30-15+/t24-,25-,26+,27+,28-,33+,34-,35+,36-,37-,38?,40?,42-,43-/m1/s1. The van der Waals surface area contributed by atoms with Gasteiger partial charge in [-0.25, -0.2) is 13.6 Å². The molecule has 4 rings (SSSR count). The van der Waals surface area contributed by atoms with Crippen LogP contribution in [0.25, 0.3) is 0 Å². The summed E-state index contributed by atoms with van der Waals surface area (Å²) in [5, 5.41) is 38.5. The monoisotopic (exact) mass is 824 g/mol. The van der Waals surface area contributed by atoms with E-state index in [1.807, 2.05) is 46.7 Å². The van der Waals surface area contributed by atoms with Crippen LogP contribution in [0.2, 0.25) is 0 Å². The Labute approximate surface area is 342 Å². The lowest BCUT2D eigenvalue weighted by atomic mass is 9.72. The summed E-state index contributed by atoms with van der Waals surface area (Å²) < 4.78 is 65.0. The van der Waals surface area contributed by atoms with Gasteiger partial charge in [0, 0.05) is 24.4 Å². The SMILES string of the molecule is C=C1COC2[C@@H](C)/C(=C/COC(=O)NCc3ccc(F)c(F)c3)[C@H](C)C[C@@](C)(OC1)[C@H](OC1O[C@H](C)C[C@H](N(C)C)[C@H]1O)[C@@H](C)[C@H](O)[C@@H](C)C(=O)O[C@H](CC)[C@@]2(C)O. The summed E-state index contributed by atoms with van der Waals surface area (Å²) in [4.78, 5) is 28.6. The van der Waals surface area contributed by atoms with Gasteiger partial charge in [-0.2, -0.15) is 0 Å². The van der Waals surface area contributed by atoms with E-state index in [2.05, 4.69) is 11.9 Å². The van der Waals surface area contributed by atoms with Crippen LogP contribution in [0.15, 0.2) is 42.0 Å². The number of carbonyl (C=O) groups is 2.